The van der Waals surface area contributed by atoms with Gasteiger partial charge in [0.25, 0.3) is 5.91 Å². The van der Waals surface area contributed by atoms with Crippen LogP contribution in [0.1, 0.15) is 28.8 Å². The molecule has 0 unspecified atom stereocenters. The first kappa shape index (κ1) is 15.6. The van der Waals surface area contributed by atoms with E-state index in [0.717, 1.165) is 6.07 Å². The van der Waals surface area contributed by atoms with Crippen molar-refractivity contribution in [3.8, 4) is 0 Å². The Hall–Kier alpha value is -2.44. The van der Waals surface area contributed by atoms with Crippen molar-refractivity contribution in [2.75, 3.05) is 0 Å². The highest BCUT2D eigenvalue weighted by Gasteiger charge is 2.22. The van der Waals surface area contributed by atoms with E-state index in [0.29, 0.717) is 5.56 Å². The molecule has 1 aromatic carbocycles. The fraction of sp³-hybridized carbons (Fsp3) is 0.308. The molecule has 6 nitrogen and oxygen atoms in total. The average Bonchev–Trinajstić information content (AvgIpc) is 2.33. The summed E-state index contributed by atoms with van der Waals surface area (Å²) in [5, 5.41) is 11.2. The molecule has 0 heterocycles. The van der Waals surface area contributed by atoms with Crippen molar-refractivity contribution < 1.29 is 23.9 Å². The number of hydrogen-bond donors (Lipinski definition) is 3. The van der Waals surface area contributed by atoms with Crippen LogP contribution in [0.25, 0.3) is 0 Å². The van der Waals surface area contributed by atoms with Crippen LogP contribution >= 0.6 is 0 Å². The van der Waals surface area contributed by atoms with Gasteiger partial charge >= 0.3 is 5.97 Å². The highest BCUT2D eigenvalue weighted by molar-refractivity contribution is 5.97. The predicted molar refractivity (Wildman–Crippen MR) is 68.5 cm³/mol. The second-order valence-electron chi connectivity index (χ2n) is 4.33. The number of carboxylic acids is 1. The number of nitrogens with one attached hydrogen (secondary N) is 1. The van der Waals surface area contributed by atoms with Crippen LogP contribution in [0.2, 0.25) is 0 Å². The minimum atomic E-state index is -1.26. The molecule has 1 rings (SSSR count). The Morgan fingerprint density at radius 2 is 2.05 bits per heavy atom. The summed E-state index contributed by atoms with van der Waals surface area (Å²) in [7, 11) is 0. The number of aryl methyl sites for hydroxylation is 1. The maximum Gasteiger partial charge on any atom is 0.326 e. The zero-order valence-electron chi connectivity index (χ0n) is 10.9. The zero-order valence-corrected chi connectivity index (χ0v) is 10.9. The summed E-state index contributed by atoms with van der Waals surface area (Å²) in [6.07, 6.45) is -0.254. The summed E-state index contributed by atoms with van der Waals surface area (Å²) < 4.78 is 12.9. The van der Waals surface area contributed by atoms with Crippen LogP contribution in [0.4, 0.5) is 4.39 Å². The molecule has 2 amide bonds. The predicted octanol–water partition coefficient (Wildman–Crippen LogP) is 0.583. The maximum atomic E-state index is 12.9. The molecule has 0 aromatic heterocycles. The fourth-order valence-corrected chi connectivity index (χ4v) is 1.66. The van der Waals surface area contributed by atoms with Gasteiger partial charge in [0.15, 0.2) is 0 Å². The number of primary amides is 1. The summed E-state index contributed by atoms with van der Waals surface area (Å²) in [5.41, 5.74) is 5.51. The number of benzene rings is 1. The van der Waals surface area contributed by atoms with E-state index in [1.54, 1.807) is 0 Å². The largest absolute Gasteiger partial charge is 0.480 e. The Morgan fingerprint density at radius 1 is 1.40 bits per heavy atom. The Labute approximate surface area is 114 Å². The molecule has 0 radical (unpaired) electrons. The molecule has 0 fully saturated rings. The monoisotopic (exact) mass is 282 g/mol. The quantitative estimate of drug-likeness (QED) is 0.709. The topological polar surface area (TPSA) is 109 Å². The summed E-state index contributed by atoms with van der Waals surface area (Å²) in [4.78, 5) is 33.6. The molecule has 0 aliphatic heterocycles. The lowest BCUT2D eigenvalue weighted by atomic mass is 10.1. The van der Waals surface area contributed by atoms with Crippen LogP contribution in [0, 0.1) is 12.7 Å². The number of nitrogens with two attached hydrogens (primary N) is 1. The number of hydrogen-bond acceptors (Lipinski definition) is 3. The van der Waals surface area contributed by atoms with Crippen molar-refractivity contribution in [1.82, 2.24) is 5.32 Å². The van der Waals surface area contributed by atoms with E-state index < -0.39 is 29.6 Å². The molecule has 0 bridgehead atoms. The van der Waals surface area contributed by atoms with E-state index in [9.17, 15) is 18.8 Å². The number of carboxylic acid groups (broad SMARTS) is 1. The van der Waals surface area contributed by atoms with Crippen molar-refractivity contribution in [3.05, 3.63) is 35.1 Å². The Bertz CT molecular complexity index is 545. The van der Waals surface area contributed by atoms with Crippen LogP contribution in [0.5, 0.6) is 0 Å². The van der Waals surface area contributed by atoms with Gasteiger partial charge in [-0.1, -0.05) is 0 Å². The van der Waals surface area contributed by atoms with Crippen molar-refractivity contribution in [2.45, 2.75) is 25.8 Å². The van der Waals surface area contributed by atoms with E-state index in [-0.39, 0.29) is 18.4 Å². The molecule has 1 aromatic rings. The molecule has 7 heteroatoms. The van der Waals surface area contributed by atoms with E-state index >= 15 is 0 Å². The van der Waals surface area contributed by atoms with E-state index in [1.807, 2.05) is 0 Å². The molecule has 4 N–H and O–H groups in total. The third-order valence-electron chi connectivity index (χ3n) is 2.72. The number of halogens is 1. The lowest BCUT2D eigenvalue weighted by Crippen LogP contribution is -2.41. The molecule has 0 saturated carbocycles. The third kappa shape index (κ3) is 4.34. The first-order valence-electron chi connectivity index (χ1n) is 5.89. The smallest absolute Gasteiger partial charge is 0.326 e. The van der Waals surface area contributed by atoms with E-state index in [4.69, 9.17) is 10.8 Å². The highest BCUT2D eigenvalue weighted by atomic mass is 19.1. The van der Waals surface area contributed by atoms with Gasteiger partial charge in [-0.05, 0) is 37.1 Å². The van der Waals surface area contributed by atoms with Crippen LogP contribution in [0.3, 0.4) is 0 Å². The fourth-order valence-electron chi connectivity index (χ4n) is 1.66. The summed E-state index contributed by atoms with van der Waals surface area (Å²) in [6, 6.07) is 2.33. The summed E-state index contributed by atoms with van der Waals surface area (Å²) >= 11 is 0. The Kier molecular flexibility index (Phi) is 5.19. The number of aliphatic carboxylic acids is 1. The van der Waals surface area contributed by atoms with Crippen LogP contribution in [0.15, 0.2) is 18.2 Å². The molecular weight excluding hydrogens is 267 g/mol. The first-order chi connectivity index (χ1) is 9.31. The van der Waals surface area contributed by atoms with Crippen LogP contribution < -0.4 is 11.1 Å². The number of rotatable bonds is 6. The number of amides is 2. The second-order valence-corrected chi connectivity index (χ2v) is 4.33. The SMILES string of the molecule is Cc1cc(F)ccc1C(=O)N[C@@H](CCC(N)=O)C(=O)O. The van der Waals surface area contributed by atoms with Crippen LogP contribution in [-0.2, 0) is 9.59 Å². The van der Waals surface area contributed by atoms with Gasteiger partial charge in [0.1, 0.15) is 11.9 Å². The third-order valence-corrected chi connectivity index (χ3v) is 2.72. The molecular formula is C13H15FN2O4. The van der Waals surface area contributed by atoms with E-state index in [2.05, 4.69) is 5.32 Å². The van der Waals surface area contributed by atoms with Crippen molar-refractivity contribution >= 4 is 17.8 Å². The van der Waals surface area contributed by atoms with Gasteiger partial charge in [0, 0.05) is 12.0 Å². The number of carbonyl (C=O) groups is 3. The van der Waals surface area contributed by atoms with E-state index in [1.165, 1.54) is 19.1 Å². The number of carbonyl (C=O) groups excluding carboxylic acids is 2. The summed E-state index contributed by atoms with van der Waals surface area (Å²) in [5.74, 6) is -3.04. The van der Waals surface area contributed by atoms with Gasteiger partial charge in [-0.3, -0.25) is 9.59 Å². The van der Waals surface area contributed by atoms with Crippen LogP contribution in [-0.4, -0.2) is 28.9 Å². The van der Waals surface area contributed by atoms with Crippen molar-refractivity contribution in [2.24, 2.45) is 5.73 Å². The maximum absolute atomic E-state index is 12.9. The highest BCUT2D eigenvalue weighted by Crippen LogP contribution is 2.11. The minimum Gasteiger partial charge on any atom is -0.480 e. The molecule has 1 atom stereocenters. The molecule has 0 aliphatic carbocycles. The average molecular weight is 282 g/mol. The molecule has 108 valence electrons. The molecule has 0 aliphatic rings. The summed E-state index contributed by atoms with van der Waals surface area (Å²) in [6.45, 7) is 1.54. The Morgan fingerprint density at radius 3 is 2.55 bits per heavy atom. The van der Waals surface area contributed by atoms with Crippen molar-refractivity contribution in [1.29, 1.82) is 0 Å². The standard InChI is InChI=1S/C13H15FN2O4/c1-7-6-8(14)2-3-9(7)12(18)16-10(13(19)20)4-5-11(15)17/h2-3,6,10H,4-5H2,1H3,(H2,15,17)(H,16,18)(H,19,20)/t10-/m0/s1. The van der Waals surface area contributed by atoms with Crippen molar-refractivity contribution in [3.63, 3.8) is 0 Å². The van der Waals surface area contributed by atoms with Gasteiger partial charge in [0.2, 0.25) is 5.91 Å². The molecule has 20 heavy (non-hydrogen) atoms. The Balaban J connectivity index is 2.80. The molecule has 0 spiro atoms. The second kappa shape index (κ2) is 6.65. The van der Waals surface area contributed by atoms with Gasteiger partial charge in [-0.25, -0.2) is 9.18 Å². The van der Waals surface area contributed by atoms with Gasteiger partial charge in [-0.2, -0.15) is 0 Å². The van der Waals surface area contributed by atoms with Gasteiger partial charge in [-0.15, -0.1) is 0 Å². The lowest BCUT2D eigenvalue weighted by molar-refractivity contribution is -0.139. The lowest BCUT2D eigenvalue weighted by Gasteiger charge is -2.14. The molecule has 0 saturated heterocycles. The minimum absolute atomic E-state index is 0.101. The zero-order chi connectivity index (χ0) is 15.3. The van der Waals surface area contributed by atoms with Gasteiger partial charge < -0.3 is 16.2 Å². The van der Waals surface area contributed by atoms with Gasteiger partial charge in [0.05, 0.1) is 0 Å². The first-order valence-corrected chi connectivity index (χ1v) is 5.89. The normalized spacial score (nSPS) is 11.7.